The fourth-order valence-corrected chi connectivity index (χ4v) is 5.98. The van der Waals surface area contributed by atoms with Crippen LogP contribution >= 0.6 is 0 Å². The molecule has 2 unspecified atom stereocenters. The van der Waals surface area contributed by atoms with E-state index in [0.717, 1.165) is 32.2 Å². The molecule has 4 heteroatoms. The van der Waals surface area contributed by atoms with Gasteiger partial charge in [0.25, 0.3) is 0 Å². The zero-order valence-corrected chi connectivity index (χ0v) is 14.4. The molecular formula is C17H24BrNO2. The second-order valence-corrected chi connectivity index (χ2v) is 8.28. The lowest BCUT2D eigenvalue weighted by atomic mass is 9.48. The summed E-state index contributed by atoms with van der Waals surface area (Å²) in [5.41, 5.74) is 0.264. The van der Waals surface area contributed by atoms with Crippen molar-refractivity contribution in [3.63, 3.8) is 0 Å². The van der Waals surface area contributed by atoms with Gasteiger partial charge in [0, 0.05) is 25.0 Å². The van der Waals surface area contributed by atoms with Crippen LogP contribution in [0.2, 0.25) is 0 Å². The predicted molar refractivity (Wildman–Crippen MR) is 74.7 cm³/mol. The number of halogens is 1. The molecule has 5 rings (SSSR count). The molecule has 2 saturated heterocycles. The zero-order valence-electron chi connectivity index (χ0n) is 12.8. The van der Waals surface area contributed by atoms with Gasteiger partial charge in [0.2, 0.25) is 0 Å². The maximum atomic E-state index is 10.8. The summed E-state index contributed by atoms with van der Waals surface area (Å²) in [6, 6.07) is 6.14. The van der Waals surface area contributed by atoms with Crippen molar-refractivity contribution >= 4 is 0 Å². The molecule has 3 nitrogen and oxygen atoms in total. The van der Waals surface area contributed by atoms with Crippen molar-refractivity contribution in [3.8, 4) is 0 Å². The van der Waals surface area contributed by atoms with Crippen LogP contribution in [0.1, 0.15) is 46.0 Å². The number of pyridine rings is 1. The third-order valence-corrected chi connectivity index (χ3v) is 5.41. The topological polar surface area (TPSA) is 33.3 Å². The van der Waals surface area contributed by atoms with Crippen LogP contribution in [0.4, 0.5) is 0 Å². The fourth-order valence-electron chi connectivity index (χ4n) is 5.98. The van der Waals surface area contributed by atoms with Crippen LogP contribution < -0.4 is 21.5 Å². The Morgan fingerprint density at radius 1 is 0.952 bits per heavy atom. The van der Waals surface area contributed by atoms with E-state index in [1.165, 1.54) is 6.42 Å². The SMILES string of the molecule is CC12CC3(C)CC(O)(C1)OC(C[n+]1ccccc1)(C2)C3.[Br-]. The molecule has 2 atom stereocenters. The Kier molecular flexibility index (Phi) is 3.33. The molecule has 3 heterocycles. The summed E-state index contributed by atoms with van der Waals surface area (Å²) in [6.07, 6.45) is 9.16. The standard InChI is InChI=1S/C17H24NO2.BrH/c1-14-8-15(2)10-16(9-14,20-17(19,11-14)12-15)13-18-6-4-3-5-7-18;/h3-7,19H,8-13H2,1-2H3;1H/q+1;/p-1. The highest BCUT2D eigenvalue weighted by molar-refractivity contribution is 5.12. The highest BCUT2D eigenvalue weighted by Crippen LogP contribution is 2.67. The average Bonchev–Trinajstić information content (AvgIpc) is 2.22. The van der Waals surface area contributed by atoms with Gasteiger partial charge in [0.15, 0.2) is 24.7 Å². The summed E-state index contributed by atoms with van der Waals surface area (Å²) < 4.78 is 8.46. The van der Waals surface area contributed by atoms with Crippen molar-refractivity contribution in [1.82, 2.24) is 0 Å². The lowest BCUT2D eigenvalue weighted by Gasteiger charge is -2.66. The van der Waals surface area contributed by atoms with Gasteiger partial charge in [-0.2, -0.15) is 0 Å². The number of hydrogen-bond acceptors (Lipinski definition) is 2. The minimum Gasteiger partial charge on any atom is -1.00 e. The Morgan fingerprint density at radius 3 is 2.05 bits per heavy atom. The quantitative estimate of drug-likeness (QED) is 0.722. The highest BCUT2D eigenvalue weighted by atomic mass is 79.9. The molecule has 4 fully saturated rings. The summed E-state index contributed by atoms with van der Waals surface area (Å²) in [4.78, 5) is 0. The summed E-state index contributed by atoms with van der Waals surface area (Å²) in [6.45, 7) is 5.52. The summed E-state index contributed by atoms with van der Waals surface area (Å²) in [7, 11) is 0. The van der Waals surface area contributed by atoms with Gasteiger partial charge in [-0.25, -0.2) is 4.57 Å². The zero-order chi connectivity index (χ0) is 14.1. The van der Waals surface area contributed by atoms with E-state index >= 15 is 0 Å². The monoisotopic (exact) mass is 353 g/mol. The minimum absolute atomic E-state index is 0. The Hall–Kier alpha value is -0.450. The summed E-state index contributed by atoms with van der Waals surface area (Å²) >= 11 is 0. The normalized spacial score (nSPS) is 47.2. The second-order valence-electron chi connectivity index (χ2n) is 8.28. The van der Waals surface area contributed by atoms with E-state index in [1.807, 2.05) is 6.07 Å². The van der Waals surface area contributed by atoms with Gasteiger partial charge >= 0.3 is 0 Å². The van der Waals surface area contributed by atoms with Gasteiger partial charge in [-0.05, 0) is 30.1 Å². The molecule has 2 saturated carbocycles. The van der Waals surface area contributed by atoms with Crippen LogP contribution in [-0.2, 0) is 11.3 Å². The maximum Gasteiger partial charge on any atom is 0.177 e. The van der Waals surface area contributed by atoms with Gasteiger partial charge in [0.1, 0.15) is 5.60 Å². The van der Waals surface area contributed by atoms with Crippen molar-refractivity contribution in [3.05, 3.63) is 30.6 Å². The number of hydrogen-bond donors (Lipinski definition) is 1. The number of aliphatic hydroxyl groups is 1. The first kappa shape index (κ1) is 15.4. The Morgan fingerprint density at radius 2 is 1.52 bits per heavy atom. The molecular weight excluding hydrogens is 330 g/mol. The van der Waals surface area contributed by atoms with E-state index < -0.39 is 5.79 Å². The Labute approximate surface area is 137 Å². The van der Waals surface area contributed by atoms with Crippen LogP contribution in [0.5, 0.6) is 0 Å². The van der Waals surface area contributed by atoms with E-state index in [-0.39, 0.29) is 33.4 Å². The van der Waals surface area contributed by atoms with E-state index in [0.29, 0.717) is 0 Å². The van der Waals surface area contributed by atoms with Crippen LogP contribution in [0.25, 0.3) is 0 Å². The van der Waals surface area contributed by atoms with E-state index in [2.05, 4.69) is 42.9 Å². The van der Waals surface area contributed by atoms with Crippen LogP contribution in [-0.4, -0.2) is 16.5 Å². The molecule has 2 aliphatic heterocycles. The second kappa shape index (κ2) is 4.53. The van der Waals surface area contributed by atoms with Crippen LogP contribution in [0.15, 0.2) is 30.6 Å². The van der Waals surface area contributed by atoms with Crippen molar-refractivity contribution in [2.24, 2.45) is 10.8 Å². The number of rotatable bonds is 2. The predicted octanol–water partition coefficient (Wildman–Crippen LogP) is -0.574. The van der Waals surface area contributed by atoms with E-state index in [1.54, 1.807) is 0 Å². The third kappa shape index (κ3) is 2.55. The fraction of sp³-hybridized carbons (Fsp3) is 0.706. The molecule has 21 heavy (non-hydrogen) atoms. The molecule has 4 aliphatic rings. The molecule has 1 aromatic rings. The molecule has 116 valence electrons. The largest absolute Gasteiger partial charge is 1.00 e. The molecule has 0 aromatic carbocycles. The molecule has 0 spiro atoms. The van der Waals surface area contributed by atoms with Crippen molar-refractivity contribution in [2.45, 2.75) is 63.9 Å². The maximum absolute atomic E-state index is 10.8. The van der Waals surface area contributed by atoms with E-state index in [4.69, 9.17) is 4.74 Å². The Balaban J connectivity index is 0.00000132. The molecule has 0 radical (unpaired) electrons. The van der Waals surface area contributed by atoms with Gasteiger partial charge in [-0.3, -0.25) is 0 Å². The minimum atomic E-state index is -0.895. The molecule has 0 amide bonds. The smallest absolute Gasteiger partial charge is 0.177 e. The van der Waals surface area contributed by atoms with Gasteiger partial charge in [-0.1, -0.05) is 19.9 Å². The van der Waals surface area contributed by atoms with Crippen molar-refractivity contribution in [2.75, 3.05) is 0 Å². The van der Waals surface area contributed by atoms with Gasteiger partial charge in [0.05, 0.1) is 0 Å². The summed E-state index contributed by atoms with van der Waals surface area (Å²) in [5.74, 6) is -0.895. The van der Waals surface area contributed by atoms with Gasteiger partial charge < -0.3 is 26.8 Å². The Bertz CT molecular complexity index is 493. The lowest BCUT2D eigenvalue weighted by Crippen LogP contribution is -3.00. The van der Waals surface area contributed by atoms with Crippen LogP contribution in [0, 0.1) is 10.8 Å². The summed E-state index contributed by atoms with van der Waals surface area (Å²) in [5, 5.41) is 10.8. The average molecular weight is 354 g/mol. The number of nitrogens with zero attached hydrogens (tertiary/aromatic N) is 1. The van der Waals surface area contributed by atoms with Gasteiger partial charge in [-0.15, -0.1) is 0 Å². The van der Waals surface area contributed by atoms with Crippen molar-refractivity contribution < 1.29 is 31.4 Å². The molecule has 4 bridgehead atoms. The number of ether oxygens (including phenoxy) is 1. The first-order valence-electron chi connectivity index (χ1n) is 7.69. The molecule has 1 N–H and O–H groups in total. The first-order chi connectivity index (χ1) is 9.32. The van der Waals surface area contributed by atoms with Crippen molar-refractivity contribution in [1.29, 1.82) is 0 Å². The lowest BCUT2D eigenvalue weighted by molar-refractivity contribution is -0.717. The first-order valence-corrected chi connectivity index (χ1v) is 7.69. The van der Waals surface area contributed by atoms with E-state index in [9.17, 15) is 5.11 Å². The molecule has 2 aliphatic carbocycles. The highest BCUT2D eigenvalue weighted by Gasteiger charge is 2.67. The number of aromatic nitrogens is 1. The third-order valence-electron chi connectivity index (χ3n) is 5.41. The molecule has 1 aromatic heterocycles. The van der Waals surface area contributed by atoms with Crippen LogP contribution in [0.3, 0.4) is 0 Å².